The van der Waals surface area contributed by atoms with Gasteiger partial charge in [0.15, 0.2) is 5.96 Å². The van der Waals surface area contributed by atoms with Crippen LogP contribution in [0.2, 0.25) is 0 Å². The Labute approximate surface area is 127 Å². The van der Waals surface area contributed by atoms with Gasteiger partial charge in [0, 0.05) is 11.9 Å². The van der Waals surface area contributed by atoms with Crippen molar-refractivity contribution in [3.63, 3.8) is 0 Å². The largest absolute Gasteiger partial charge is 0.370 e. The molecule has 1 heterocycles. The molecular weight excluding hydrogens is 276 g/mol. The van der Waals surface area contributed by atoms with Gasteiger partial charge in [-0.25, -0.2) is 4.99 Å². The maximum atomic E-state index is 5.61. The average molecular weight is 292 g/mol. The summed E-state index contributed by atoms with van der Waals surface area (Å²) in [5.41, 5.74) is 19.0. The van der Waals surface area contributed by atoms with E-state index in [0.717, 1.165) is 11.2 Å². The highest BCUT2D eigenvalue weighted by molar-refractivity contribution is 5.93. The summed E-state index contributed by atoms with van der Waals surface area (Å²) >= 11 is 0. The van der Waals surface area contributed by atoms with Crippen molar-refractivity contribution in [2.75, 3.05) is 0 Å². The molecule has 0 amide bonds. The average Bonchev–Trinajstić information content (AvgIpc) is 2.91. The molecule has 0 radical (unpaired) electrons. The van der Waals surface area contributed by atoms with Crippen LogP contribution in [0.5, 0.6) is 0 Å². The SMILES string of the molecule is NC(N)=NC(N)=Nc1ccc(-n2ccc3ccccc32)cc1. The van der Waals surface area contributed by atoms with Crippen molar-refractivity contribution < 1.29 is 0 Å². The molecule has 6 nitrogen and oxygen atoms in total. The quantitative estimate of drug-likeness (QED) is 0.495. The first-order valence-electron chi connectivity index (χ1n) is 6.74. The number of aromatic nitrogens is 1. The first-order valence-corrected chi connectivity index (χ1v) is 6.74. The number of guanidine groups is 2. The van der Waals surface area contributed by atoms with Gasteiger partial charge in [-0.15, -0.1) is 0 Å². The molecule has 6 heteroatoms. The number of aliphatic imine (C=N–C) groups is 2. The van der Waals surface area contributed by atoms with Gasteiger partial charge < -0.3 is 21.8 Å². The van der Waals surface area contributed by atoms with Crippen LogP contribution in [-0.4, -0.2) is 16.5 Å². The second-order valence-corrected chi connectivity index (χ2v) is 4.77. The van der Waals surface area contributed by atoms with Crippen LogP contribution < -0.4 is 17.2 Å². The van der Waals surface area contributed by atoms with Crippen molar-refractivity contribution >= 4 is 28.5 Å². The molecule has 2 aromatic carbocycles. The summed E-state index contributed by atoms with van der Waals surface area (Å²) in [6.07, 6.45) is 2.04. The predicted molar refractivity (Wildman–Crippen MR) is 90.4 cm³/mol. The number of nitrogens with two attached hydrogens (primary N) is 3. The Morgan fingerprint density at radius 2 is 1.59 bits per heavy atom. The summed E-state index contributed by atoms with van der Waals surface area (Å²) in [4.78, 5) is 7.80. The van der Waals surface area contributed by atoms with Crippen LogP contribution >= 0.6 is 0 Å². The van der Waals surface area contributed by atoms with Gasteiger partial charge in [0.25, 0.3) is 0 Å². The highest BCUT2D eigenvalue weighted by Crippen LogP contribution is 2.22. The van der Waals surface area contributed by atoms with Crippen molar-refractivity contribution in [1.82, 2.24) is 4.57 Å². The molecule has 0 atom stereocenters. The summed E-state index contributed by atoms with van der Waals surface area (Å²) in [7, 11) is 0. The Hall–Kier alpha value is -3.28. The van der Waals surface area contributed by atoms with Crippen LogP contribution in [0, 0.1) is 0 Å². The lowest BCUT2D eigenvalue weighted by atomic mass is 10.2. The van der Waals surface area contributed by atoms with Crippen LogP contribution in [0.3, 0.4) is 0 Å². The predicted octanol–water partition coefficient (Wildman–Crippen LogP) is 1.85. The van der Waals surface area contributed by atoms with Crippen molar-refractivity contribution in [1.29, 1.82) is 0 Å². The van der Waals surface area contributed by atoms with E-state index in [4.69, 9.17) is 17.2 Å². The summed E-state index contributed by atoms with van der Waals surface area (Å²) in [5, 5.41) is 1.20. The molecule has 110 valence electrons. The van der Waals surface area contributed by atoms with Gasteiger partial charge in [0.2, 0.25) is 5.96 Å². The molecule has 22 heavy (non-hydrogen) atoms. The van der Waals surface area contributed by atoms with Crippen LogP contribution in [0.4, 0.5) is 5.69 Å². The zero-order valence-electron chi connectivity index (χ0n) is 11.8. The first kappa shape index (κ1) is 13.7. The van der Waals surface area contributed by atoms with Crippen LogP contribution in [0.25, 0.3) is 16.6 Å². The molecule has 1 aromatic heterocycles. The van der Waals surface area contributed by atoms with E-state index in [-0.39, 0.29) is 11.9 Å². The van der Waals surface area contributed by atoms with Crippen molar-refractivity contribution in [3.05, 3.63) is 60.8 Å². The second-order valence-electron chi connectivity index (χ2n) is 4.77. The standard InChI is InChI=1S/C16H16N6/c17-15(18)21-16(19)20-12-5-7-13(8-6-12)22-10-9-11-3-1-2-4-14(11)22/h1-10H,(H6,17,18,19,20,21). The van der Waals surface area contributed by atoms with Gasteiger partial charge in [0.05, 0.1) is 11.2 Å². The molecule has 0 unspecified atom stereocenters. The number of hydrogen-bond donors (Lipinski definition) is 3. The van der Waals surface area contributed by atoms with E-state index >= 15 is 0 Å². The molecule has 0 fully saturated rings. The molecule has 0 aliphatic rings. The Morgan fingerprint density at radius 3 is 2.32 bits per heavy atom. The van der Waals surface area contributed by atoms with E-state index in [9.17, 15) is 0 Å². The minimum atomic E-state index is -0.114. The summed E-state index contributed by atoms with van der Waals surface area (Å²) in [5.74, 6) is -0.0872. The normalized spacial score (nSPS) is 11.5. The third kappa shape index (κ3) is 2.76. The number of rotatable bonds is 2. The van der Waals surface area contributed by atoms with E-state index < -0.39 is 0 Å². The number of benzene rings is 2. The number of nitrogens with zero attached hydrogens (tertiary/aromatic N) is 3. The molecule has 0 bridgehead atoms. The van der Waals surface area contributed by atoms with Crippen molar-refractivity contribution in [2.45, 2.75) is 0 Å². The van der Waals surface area contributed by atoms with Crippen molar-refractivity contribution in [2.24, 2.45) is 27.2 Å². The highest BCUT2D eigenvalue weighted by Gasteiger charge is 2.02. The van der Waals surface area contributed by atoms with Gasteiger partial charge in [-0.05, 0) is 41.8 Å². The van der Waals surface area contributed by atoms with Gasteiger partial charge in [0.1, 0.15) is 0 Å². The number of para-hydroxylation sites is 1. The fourth-order valence-corrected chi connectivity index (χ4v) is 2.29. The molecule has 0 spiro atoms. The maximum absolute atomic E-state index is 5.61. The Balaban J connectivity index is 1.93. The Kier molecular flexibility index (Phi) is 3.49. The number of hydrogen-bond acceptors (Lipinski definition) is 1. The molecule has 3 aromatic rings. The summed E-state index contributed by atoms with van der Waals surface area (Å²) in [6, 6.07) is 17.9. The van der Waals surface area contributed by atoms with Gasteiger partial charge in [-0.3, -0.25) is 0 Å². The van der Waals surface area contributed by atoms with Gasteiger partial charge >= 0.3 is 0 Å². The van der Waals surface area contributed by atoms with E-state index in [1.54, 1.807) is 0 Å². The monoisotopic (exact) mass is 292 g/mol. The molecule has 6 N–H and O–H groups in total. The minimum Gasteiger partial charge on any atom is -0.370 e. The van der Waals surface area contributed by atoms with E-state index in [1.807, 2.05) is 42.6 Å². The summed E-state index contributed by atoms with van der Waals surface area (Å²) < 4.78 is 2.11. The van der Waals surface area contributed by atoms with E-state index in [0.29, 0.717) is 5.69 Å². The van der Waals surface area contributed by atoms with Crippen LogP contribution in [0.1, 0.15) is 0 Å². The zero-order valence-corrected chi connectivity index (χ0v) is 11.8. The third-order valence-electron chi connectivity index (χ3n) is 3.21. The lowest BCUT2D eigenvalue weighted by molar-refractivity contribution is 1.13. The summed E-state index contributed by atoms with van der Waals surface area (Å²) in [6.45, 7) is 0. The zero-order chi connectivity index (χ0) is 15.5. The van der Waals surface area contributed by atoms with Gasteiger partial charge in [-0.2, -0.15) is 4.99 Å². The van der Waals surface area contributed by atoms with Crippen LogP contribution in [-0.2, 0) is 0 Å². The van der Waals surface area contributed by atoms with E-state index in [2.05, 4.69) is 32.8 Å². The first-order chi connectivity index (χ1) is 10.6. The lowest BCUT2D eigenvalue weighted by Crippen LogP contribution is -2.26. The molecule has 0 aliphatic heterocycles. The second kappa shape index (κ2) is 5.61. The van der Waals surface area contributed by atoms with Gasteiger partial charge in [-0.1, -0.05) is 18.2 Å². The Bertz CT molecular complexity index is 854. The smallest absolute Gasteiger partial charge is 0.223 e. The van der Waals surface area contributed by atoms with Crippen molar-refractivity contribution in [3.8, 4) is 5.69 Å². The minimum absolute atomic E-state index is 0.0270. The topological polar surface area (TPSA) is 108 Å². The van der Waals surface area contributed by atoms with E-state index in [1.165, 1.54) is 5.39 Å². The fraction of sp³-hybridized carbons (Fsp3) is 0. The molecule has 0 aliphatic carbocycles. The number of fused-ring (bicyclic) bond motifs is 1. The van der Waals surface area contributed by atoms with Crippen LogP contribution in [0.15, 0.2) is 70.8 Å². The molecule has 0 saturated carbocycles. The third-order valence-corrected chi connectivity index (χ3v) is 3.21. The fourth-order valence-electron chi connectivity index (χ4n) is 2.29. The maximum Gasteiger partial charge on any atom is 0.223 e. The molecule has 0 saturated heterocycles. The molecular formula is C16H16N6. The highest BCUT2D eigenvalue weighted by atomic mass is 15.1. The lowest BCUT2D eigenvalue weighted by Gasteiger charge is -2.05. The Morgan fingerprint density at radius 1 is 0.864 bits per heavy atom. The molecule has 3 rings (SSSR count).